The topological polar surface area (TPSA) is 92.6 Å². The quantitative estimate of drug-likeness (QED) is 0.343. The van der Waals surface area contributed by atoms with Crippen molar-refractivity contribution in [2.45, 2.75) is 91.1 Å². The van der Waals surface area contributed by atoms with Gasteiger partial charge in [0, 0.05) is 42.8 Å². The Bertz CT molecular complexity index is 1510. The minimum atomic E-state index is -0.530. The van der Waals surface area contributed by atoms with Gasteiger partial charge in [0.25, 0.3) is 5.91 Å². The van der Waals surface area contributed by atoms with Crippen molar-refractivity contribution >= 4 is 29.2 Å². The molecule has 10 heteroatoms. The van der Waals surface area contributed by atoms with Gasteiger partial charge in [0.15, 0.2) is 0 Å². The molecule has 0 radical (unpaired) electrons. The number of halogens is 1. The second-order valence-corrected chi connectivity index (χ2v) is 13.5. The van der Waals surface area contributed by atoms with Crippen LogP contribution in [0.1, 0.15) is 81.1 Å². The lowest BCUT2D eigenvalue weighted by atomic mass is 9.91. The average molecular weight is 619 g/mol. The van der Waals surface area contributed by atoms with Gasteiger partial charge in [0.1, 0.15) is 5.60 Å². The Kier molecular flexibility index (Phi) is 9.46. The molecule has 1 aliphatic carbocycles. The van der Waals surface area contributed by atoms with Crippen molar-refractivity contribution < 1.29 is 14.3 Å². The summed E-state index contributed by atoms with van der Waals surface area (Å²) in [6, 6.07) is 13.8. The molecule has 234 valence electrons. The van der Waals surface area contributed by atoms with E-state index in [-0.39, 0.29) is 30.1 Å². The molecule has 1 N–H and O–H groups in total. The summed E-state index contributed by atoms with van der Waals surface area (Å²) in [5, 5.41) is 12.8. The maximum Gasteiger partial charge on any atom is 0.410 e. The number of benzene rings is 2. The first kappa shape index (κ1) is 31.7. The number of carbonyl (C=O) groups excluding carboxylic acids is 2. The molecular formula is C34H43ClN6O3. The van der Waals surface area contributed by atoms with Crippen LogP contribution >= 0.6 is 11.6 Å². The Morgan fingerprint density at radius 3 is 2.45 bits per heavy atom. The Morgan fingerprint density at radius 1 is 1.07 bits per heavy atom. The summed E-state index contributed by atoms with van der Waals surface area (Å²) in [5.74, 6) is -0.142. The fourth-order valence-electron chi connectivity index (χ4n) is 6.03. The van der Waals surface area contributed by atoms with Crippen LogP contribution in [0.4, 0.5) is 4.79 Å². The van der Waals surface area contributed by atoms with E-state index >= 15 is 0 Å². The highest BCUT2D eigenvalue weighted by Crippen LogP contribution is 2.28. The Hall–Kier alpha value is -3.69. The maximum absolute atomic E-state index is 13.6. The first-order valence-electron chi connectivity index (χ1n) is 15.4. The second kappa shape index (κ2) is 13.1. The van der Waals surface area contributed by atoms with Gasteiger partial charge < -0.3 is 15.0 Å². The molecule has 3 atom stereocenters. The summed E-state index contributed by atoms with van der Waals surface area (Å²) in [5.41, 5.74) is 4.88. The predicted octanol–water partition coefficient (Wildman–Crippen LogP) is 6.42. The fraction of sp³-hybridized carbons (Fsp3) is 0.471. The van der Waals surface area contributed by atoms with E-state index in [4.69, 9.17) is 16.3 Å². The van der Waals surface area contributed by atoms with Gasteiger partial charge in [0.05, 0.1) is 23.1 Å². The van der Waals surface area contributed by atoms with Crippen LogP contribution in [0.3, 0.4) is 0 Å². The van der Waals surface area contributed by atoms with E-state index in [2.05, 4.69) is 40.5 Å². The summed E-state index contributed by atoms with van der Waals surface area (Å²) in [6.07, 6.45) is 6.63. The number of rotatable bonds is 6. The van der Waals surface area contributed by atoms with Gasteiger partial charge in [-0.3, -0.25) is 9.69 Å². The van der Waals surface area contributed by atoms with E-state index < -0.39 is 5.60 Å². The zero-order valence-electron chi connectivity index (χ0n) is 26.5. The number of aromatic nitrogens is 3. The number of allylic oxidation sites excluding steroid dienone is 1. The molecular weight excluding hydrogens is 576 g/mol. The van der Waals surface area contributed by atoms with E-state index in [1.165, 1.54) is 5.57 Å². The number of hydrogen-bond acceptors (Lipinski definition) is 6. The average Bonchev–Trinajstić information content (AvgIpc) is 3.43. The lowest BCUT2D eigenvalue weighted by molar-refractivity contribution is -0.00997. The molecule has 2 aliphatic rings. The highest BCUT2D eigenvalue weighted by atomic mass is 35.5. The van der Waals surface area contributed by atoms with Gasteiger partial charge in [0.2, 0.25) is 0 Å². The van der Waals surface area contributed by atoms with Crippen molar-refractivity contribution in [2.24, 2.45) is 0 Å². The molecule has 1 unspecified atom stereocenters. The molecule has 9 nitrogen and oxygen atoms in total. The smallest absolute Gasteiger partial charge is 0.410 e. The highest BCUT2D eigenvalue weighted by Gasteiger charge is 2.34. The zero-order chi connectivity index (χ0) is 31.6. The zero-order valence-corrected chi connectivity index (χ0v) is 27.3. The van der Waals surface area contributed by atoms with Gasteiger partial charge in [-0.1, -0.05) is 41.1 Å². The number of ether oxygens (including phenoxy) is 1. The molecule has 1 aromatic heterocycles. The molecule has 0 spiro atoms. The summed E-state index contributed by atoms with van der Waals surface area (Å²) >= 11 is 6.08. The Morgan fingerprint density at radius 2 is 1.77 bits per heavy atom. The van der Waals surface area contributed by atoms with E-state index in [0.717, 1.165) is 36.1 Å². The fourth-order valence-corrected chi connectivity index (χ4v) is 6.16. The lowest BCUT2D eigenvalue weighted by Gasteiger charge is -2.44. The second-order valence-electron chi connectivity index (χ2n) is 13.1. The molecule has 0 saturated carbocycles. The number of carbonyl (C=O) groups is 2. The number of piperazine rings is 1. The van der Waals surface area contributed by atoms with Crippen LogP contribution in [0, 0.1) is 6.92 Å². The van der Waals surface area contributed by atoms with Gasteiger partial charge in [-0.15, -0.1) is 5.10 Å². The summed E-state index contributed by atoms with van der Waals surface area (Å²) in [4.78, 5) is 30.4. The summed E-state index contributed by atoms with van der Waals surface area (Å²) in [6.45, 7) is 13.6. The number of hydrogen-bond donors (Lipinski definition) is 1. The monoisotopic (exact) mass is 618 g/mol. The van der Waals surface area contributed by atoms with Crippen LogP contribution in [-0.4, -0.2) is 73.6 Å². The molecule has 3 aromatic rings. The van der Waals surface area contributed by atoms with E-state index in [0.29, 0.717) is 35.9 Å². The largest absolute Gasteiger partial charge is 0.444 e. The molecule has 2 amide bonds. The lowest BCUT2D eigenvalue weighted by Crippen LogP contribution is -2.58. The van der Waals surface area contributed by atoms with Crippen LogP contribution in [0.2, 0.25) is 5.02 Å². The summed E-state index contributed by atoms with van der Waals surface area (Å²) in [7, 11) is 0. The van der Waals surface area contributed by atoms with Crippen molar-refractivity contribution in [3.05, 3.63) is 82.1 Å². The van der Waals surface area contributed by atoms with Crippen molar-refractivity contribution in [3.8, 4) is 5.69 Å². The standard InChI is InChI=1S/C34H43ClN6O3/c1-22-10-15-30(32(42)36-28-9-7-8-26(17-28)25-11-13-27(35)14-12-25)31(16-22)41-21-29(37-38-41)20-40-23(2)18-39(19-24(40)3)33(43)44-34(4,5)6/h10-17,21,23-24,28H,7-9,18-20H2,1-6H3,(H,36,42)/t23-,24+,28?. The molecule has 44 heavy (non-hydrogen) atoms. The molecule has 2 heterocycles. The third-order valence-electron chi connectivity index (χ3n) is 8.18. The predicted molar refractivity (Wildman–Crippen MR) is 173 cm³/mol. The molecule has 1 fully saturated rings. The van der Waals surface area contributed by atoms with E-state index in [9.17, 15) is 9.59 Å². The van der Waals surface area contributed by atoms with Crippen molar-refractivity contribution in [1.29, 1.82) is 0 Å². The van der Waals surface area contributed by atoms with Crippen LogP contribution in [0.5, 0.6) is 0 Å². The van der Waals surface area contributed by atoms with Gasteiger partial charge in [-0.25, -0.2) is 9.48 Å². The normalized spacial score (nSPS) is 21.1. The Balaban J connectivity index is 1.28. The van der Waals surface area contributed by atoms with Crippen LogP contribution in [-0.2, 0) is 11.3 Å². The first-order chi connectivity index (χ1) is 20.9. The maximum atomic E-state index is 13.6. The summed E-state index contributed by atoms with van der Waals surface area (Å²) < 4.78 is 7.29. The third kappa shape index (κ3) is 7.68. The number of nitrogens with zero attached hydrogens (tertiary/aromatic N) is 5. The number of amides is 2. The molecule has 2 aromatic carbocycles. The molecule has 1 aliphatic heterocycles. The van der Waals surface area contributed by atoms with Crippen LogP contribution in [0.15, 0.2) is 54.7 Å². The van der Waals surface area contributed by atoms with E-state index in [1.807, 2.05) is 76.4 Å². The first-order valence-corrected chi connectivity index (χ1v) is 15.8. The Labute approximate surface area is 265 Å². The van der Waals surface area contributed by atoms with Gasteiger partial charge >= 0.3 is 6.09 Å². The van der Waals surface area contributed by atoms with Crippen molar-refractivity contribution in [1.82, 2.24) is 30.1 Å². The van der Waals surface area contributed by atoms with Gasteiger partial charge in [-0.2, -0.15) is 0 Å². The number of aryl methyl sites for hydroxylation is 1. The SMILES string of the molecule is Cc1ccc(C(=O)NC2C=C(c3ccc(Cl)cc3)CCC2)c(-n2cc(CN3[C@H](C)CN(C(=O)OC(C)(C)C)C[C@@H]3C)nn2)c1. The number of nitrogens with one attached hydrogen (secondary N) is 1. The van der Waals surface area contributed by atoms with Crippen LogP contribution < -0.4 is 5.32 Å². The molecule has 5 rings (SSSR count). The minimum Gasteiger partial charge on any atom is -0.444 e. The van der Waals surface area contributed by atoms with E-state index in [1.54, 1.807) is 9.58 Å². The molecule has 1 saturated heterocycles. The van der Waals surface area contributed by atoms with Crippen molar-refractivity contribution in [3.63, 3.8) is 0 Å². The highest BCUT2D eigenvalue weighted by molar-refractivity contribution is 6.30. The molecule has 0 bridgehead atoms. The third-order valence-corrected chi connectivity index (χ3v) is 8.43. The minimum absolute atomic E-state index is 0.0651. The van der Waals surface area contributed by atoms with Crippen LogP contribution in [0.25, 0.3) is 11.3 Å². The van der Waals surface area contributed by atoms with Crippen molar-refractivity contribution in [2.75, 3.05) is 13.1 Å². The van der Waals surface area contributed by atoms with Gasteiger partial charge in [-0.05, 0) is 102 Å².